The van der Waals surface area contributed by atoms with Crippen LogP contribution in [-0.4, -0.2) is 35.8 Å². The number of aliphatic hydroxyl groups excluding tert-OH is 1. The number of nitrogens with one attached hydrogen (secondary N) is 2. The smallest absolute Gasteiger partial charge is 0.319 e. The molecule has 2 amide bonds. The van der Waals surface area contributed by atoms with Gasteiger partial charge in [0.15, 0.2) is 0 Å². The van der Waals surface area contributed by atoms with Crippen LogP contribution in [0.25, 0.3) is 0 Å². The number of anilines is 1. The van der Waals surface area contributed by atoms with Crippen molar-refractivity contribution in [3.63, 3.8) is 0 Å². The van der Waals surface area contributed by atoms with E-state index in [1.807, 2.05) is 38.3 Å². The number of hydrogen-bond donors (Lipinski definition) is 3. The van der Waals surface area contributed by atoms with E-state index in [4.69, 9.17) is 5.11 Å². The highest BCUT2D eigenvalue weighted by Gasteiger charge is 2.11. The number of rotatable bonds is 6. The highest BCUT2D eigenvalue weighted by atomic mass is 32.2. The van der Waals surface area contributed by atoms with Crippen molar-refractivity contribution in [3.05, 3.63) is 29.3 Å². The minimum absolute atomic E-state index is 0.00856. The maximum absolute atomic E-state index is 11.9. The average molecular weight is 282 g/mol. The summed E-state index contributed by atoms with van der Waals surface area (Å²) in [5.41, 5.74) is 3.03. The second kappa shape index (κ2) is 8.07. The van der Waals surface area contributed by atoms with Crippen molar-refractivity contribution in [2.75, 3.05) is 23.9 Å². The third kappa shape index (κ3) is 5.53. The summed E-state index contributed by atoms with van der Waals surface area (Å²) in [5, 5.41) is 14.7. The predicted octanol–water partition coefficient (Wildman–Crippen LogP) is 2.54. The molecule has 0 bridgehead atoms. The van der Waals surface area contributed by atoms with E-state index >= 15 is 0 Å². The van der Waals surface area contributed by atoms with Gasteiger partial charge in [-0.15, -0.1) is 0 Å². The fourth-order valence-corrected chi connectivity index (χ4v) is 2.50. The molecule has 5 heteroatoms. The van der Waals surface area contributed by atoms with E-state index in [9.17, 15) is 4.79 Å². The number of aliphatic hydroxyl groups is 1. The summed E-state index contributed by atoms with van der Waals surface area (Å²) in [5.74, 6) is 0.793. The quantitative estimate of drug-likeness (QED) is 0.751. The summed E-state index contributed by atoms with van der Waals surface area (Å²) in [4.78, 5) is 11.9. The van der Waals surface area contributed by atoms with Crippen LogP contribution in [0, 0.1) is 13.8 Å². The molecule has 106 valence electrons. The maximum Gasteiger partial charge on any atom is 0.319 e. The Kier molecular flexibility index (Phi) is 6.73. The number of hydrogen-bond acceptors (Lipinski definition) is 3. The lowest BCUT2D eigenvalue weighted by Crippen LogP contribution is -2.40. The van der Waals surface area contributed by atoms with Crippen LogP contribution in [0.4, 0.5) is 10.5 Å². The van der Waals surface area contributed by atoms with Crippen molar-refractivity contribution < 1.29 is 9.90 Å². The standard InChI is InChI=1S/C14H22N2O2S/c1-10-4-5-13(11(2)8-10)16-14(18)15-12(6-7-17)9-19-3/h4-5,8,12,17H,6-7,9H2,1-3H3,(H2,15,16,18)/t12-/m1/s1. The minimum Gasteiger partial charge on any atom is -0.396 e. The van der Waals surface area contributed by atoms with E-state index < -0.39 is 0 Å². The molecule has 1 aromatic rings. The highest BCUT2D eigenvalue weighted by Crippen LogP contribution is 2.15. The fraction of sp³-hybridized carbons (Fsp3) is 0.500. The lowest BCUT2D eigenvalue weighted by molar-refractivity contribution is 0.241. The van der Waals surface area contributed by atoms with Gasteiger partial charge in [0.25, 0.3) is 0 Å². The zero-order valence-corrected chi connectivity index (χ0v) is 12.5. The maximum atomic E-state index is 11.9. The van der Waals surface area contributed by atoms with Crippen LogP contribution in [0.1, 0.15) is 17.5 Å². The summed E-state index contributed by atoms with van der Waals surface area (Å²) in [6.07, 6.45) is 2.55. The molecule has 1 aromatic carbocycles. The Labute approximate surface area is 119 Å². The van der Waals surface area contributed by atoms with E-state index in [-0.39, 0.29) is 18.7 Å². The van der Waals surface area contributed by atoms with E-state index in [1.165, 1.54) is 5.56 Å². The van der Waals surface area contributed by atoms with Crippen LogP contribution in [-0.2, 0) is 0 Å². The molecule has 0 spiro atoms. The van der Waals surface area contributed by atoms with Gasteiger partial charge in [-0.1, -0.05) is 17.7 Å². The van der Waals surface area contributed by atoms with Crippen molar-refractivity contribution >= 4 is 23.5 Å². The van der Waals surface area contributed by atoms with E-state index in [2.05, 4.69) is 10.6 Å². The van der Waals surface area contributed by atoms with E-state index in [1.54, 1.807) is 11.8 Å². The van der Waals surface area contributed by atoms with E-state index in [0.29, 0.717) is 6.42 Å². The molecule has 0 aliphatic rings. The van der Waals surface area contributed by atoms with Gasteiger partial charge in [-0.05, 0) is 38.2 Å². The topological polar surface area (TPSA) is 61.4 Å². The molecule has 0 radical (unpaired) electrons. The molecule has 0 unspecified atom stereocenters. The van der Waals surface area contributed by atoms with Gasteiger partial charge in [-0.3, -0.25) is 0 Å². The Bertz CT molecular complexity index is 418. The van der Waals surface area contributed by atoms with Crippen molar-refractivity contribution in [1.29, 1.82) is 0 Å². The van der Waals surface area contributed by atoms with Crippen molar-refractivity contribution in [2.24, 2.45) is 0 Å². The third-order valence-electron chi connectivity index (χ3n) is 2.81. The molecule has 0 aliphatic heterocycles. The largest absolute Gasteiger partial charge is 0.396 e. The molecular formula is C14H22N2O2S. The average Bonchev–Trinajstić information content (AvgIpc) is 2.33. The number of benzene rings is 1. The van der Waals surface area contributed by atoms with Gasteiger partial charge in [0.05, 0.1) is 0 Å². The number of carbonyl (C=O) groups excluding carboxylic acids is 1. The van der Waals surface area contributed by atoms with E-state index in [0.717, 1.165) is 17.0 Å². The second-order valence-electron chi connectivity index (χ2n) is 4.58. The normalized spacial score (nSPS) is 12.0. The predicted molar refractivity (Wildman–Crippen MR) is 81.9 cm³/mol. The monoisotopic (exact) mass is 282 g/mol. The molecule has 0 heterocycles. The number of urea groups is 1. The minimum atomic E-state index is -0.223. The lowest BCUT2D eigenvalue weighted by atomic mass is 10.1. The van der Waals surface area contributed by atoms with Gasteiger partial charge in [-0.25, -0.2) is 4.79 Å². The van der Waals surface area contributed by atoms with Gasteiger partial charge < -0.3 is 15.7 Å². The zero-order valence-electron chi connectivity index (χ0n) is 11.7. The van der Waals surface area contributed by atoms with Crippen LogP contribution in [0.2, 0.25) is 0 Å². The first kappa shape index (κ1) is 15.9. The molecule has 19 heavy (non-hydrogen) atoms. The van der Waals surface area contributed by atoms with Crippen LogP contribution >= 0.6 is 11.8 Å². The molecular weight excluding hydrogens is 260 g/mol. The first-order chi connectivity index (χ1) is 9.06. The van der Waals surface area contributed by atoms with Gasteiger partial charge in [-0.2, -0.15) is 11.8 Å². The van der Waals surface area contributed by atoms with Crippen molar-refractivity contribution in [1.82, 2.24) is 5.32 Å². The molecule has 4 nitrogen and oxygen atoms in total. The van der Waals surface area contributed by atoms with Gasteiger partial charge in [0, 0.05) is 24.1 Å². The fourth-order valence-electron chi connectivity index (χ4n) is 1.85. The first-order valence-corrected chi connectivity index (χ1v) is 7.70. The van der Waals surface area contributed by atoms with Gasteiger partial charge in [0.1, 0.15) is 0 Å². The summed E-state index contributed by atoms with van der Waals surface area (Å²) in [6.45, 7) is 4.07. The van der Waals surface area contributed by atoms with Crippen LogP contribution in [0.15, 0.2) is 18.2 Å². The third-order valence-corrected chi connectivity index (χ3v) is 3.55. The molecule has 0 saturated heterocycles. The highest BCUT2D eigenvalue weighted by molar-refractivity contribution is 7.98. The Hall–Kier alpha value is -1.20. The van der Waals surface area contributed by atoms with Crippen LogP contribution in [0.5, 0.6) is 0 Å². The SMILES string of the molecule is CSC[C@@H](CCO)NC(=O)Nc1ccc(C)cc1C. The number of amides is 2. The molecule has 0 fully saturated rings. The van der Waals surface area contributed by atoms with Crippen molar-refractivity contribution in [3.8, 4) is 0 Å². The van der Waals surface area contributed by atoms with Crippen molar-refractivity contribution in [2.45, 2.75) is 26.3 Å². The summed E-state index contributed by atoms with van der Waals surface area (Å²) in [7, 11) is 0. The molecule has 0 aromatic heterocycles. The second-order valence-corrected chi connectivity index (χ2v) is 5.49. The van der Waals surface area contributed by atoms with Gasteiger partial charge >= 0.3 is 6.03 Å². The first-order valence-electron chi connectivity index (χ1n) is 6.31. The number of thioether (sulfide) groups is 1. The molecule has 1 rings (SSSR count). The van der Waals surface area contributed by atoms with Crippen LogP contribution in [0.3, 0.4) is 0 Å². The molecule has 3 N–H and O–H groups in total. The number of aryl methyl sites for hydroxylation is 2. The summed E-state index contributed by atoms with van der Waals surface area (Å²) >= 11 is 1.65. The Morgan fingerprint density at radius 3 is 2.74 bits per heavy atom. The Morgan fingerprint density at radius 1 is 1.42 bits per heavy atom. The Morgan fingerprint density at radius 2 is 2.16 bits per heavy atom. The molecule has 0 saturated carbocycles. The molecule has 0 aliphatic carbocycles. The number of carbonyl (C=O) groups is 1. The summed E-state index contributed by atoms with van der Waals surface area (Å²) < 4.78 is 0. The van der Waals surface area contributed by atoms with Gasteiger partial charge in [0.2, 0.25) is 0 Å². The lowest BCUT2D eigenvalue weighted by Gasteiger charge is -2.18. The van der Waals surface area contributed by atoms with Crippen LogP contribution < -0.4 is 10.6 Å². The zero-order chi connectivity index (χ0) is 14.3. The molecule has 1 atom stereocenters. The summed E-state index contributed by atoms with van der Waals surface area (Å²) in [6, 6.07) is 5.67. The Balaban J connectivity index is 2.58.